The van der Waals surface area contributed by atoms with Crippen LogP contribution >= 0.6 is 24.8 Å². The molecular formula is C18H26Cl2N4O. The predicted molar refractivity (Wildman–Crippen MR) is 105 cm³/mol. The standard InChI is InChI=1S/C18H24N4O.2ClH/c23-18(5-4-15-6-8-19-9-7-15)21-13-16-2-1-3-17(12-16)22-11-10-20-14-22;;/h1-3,10-12,14-15,19H,4-9,13H2,(H,21,23);2*1H. The van der Waals surface area contributed by atoms with Gasteiger partial charge in [-0.15, -0.1) is 24.8 Å². The van der Waals surface area contributed by atoms with Gasteiger partial charge in [-0.25, -0.2) is 4.98 Å². The number of hydrogen-bond donors (Lipinski definition) is 2. The Hall–Kier alpha value is -1.56. The molecule has 0 radical (unpaired) electrons. The van der Waals surface area contributed by atoms with Crippen molar-refractivity contribution in [3.05, 3.63) is 48.5 Å². The van der Waals surface area contributed by atoms with E-state index in [-0.39, 0.29) is 30.7 Å². The molecule has 7 heteroatoms. The first-order chi connectivity index (χ1) is 11.3. The van der Waals surface area contributed by atoms with Crippen molar-refractivity contribution < 1.29 is 4.79 Å². The molecule has 25 heavy (non-hydrogen) atoms. The zero-order valence-corrected chi connectivity index (χ0v) is 15.8. The number of benzene rings is 1. The largest absolute Gasteiger partial charge is 0.352 e. The molecule has 2 heterocycles. The fourth-order valence-electron chi connectivity index (χ4n) is 3.03. The summed E-state index contributed by atoms with van der Waals surface area (Å²) in [7, 11) is 0. The Bertz CT molecular complexity index is 628. The fourth-order valence-corrected chi connectivity index (χ4v) is 3.03. The van der Waals surface area contributed by atoms with Crippen LogP contribution in [0.5, 0.6) is 0 Å². The van der Waals surface area contributed by atoms with E-state index in [9.17, 15) is 4.79 Å². The van der Waals surface area contributed by atoms with E-state index >= 15 is 0 Å². The minimum absolute atomic E-state index is 0. The second-order valence-electron chi connectivity index (χ2n) is 6.15. The second kappa shape index (κ2) is 11.1. The monoisotopic (exact) mass is 384 g/mol. The van der Waals surface area contributed by atoms with Gasteiger partial charge < -0.3 is 15.2 Å². The molecule has 1 aliphatic rings. The first-order valence-corrected chi connectivity index (χ1v) is 8.36. The van der Waals surface area contributed by atoms with Gasteiger partial charge in [0.1, 0.15) is 0 Å². The lowest BCUT2D eigenvalue weighted by Gasteiger charge is -2.22. The number of aromatic nitrogens is 2. The molecule has 1 saturated heterocycles. The zero-order valence-electron chi connectivity index (χ0n) is 14.2. The normalized spacial score (nSPS) is 14.2. The lowest BCUT2D eigenvalue weighted by atomic mass is 9.93. The van der Waals surface area contributed by atoms with Gasteiger partial charge in [0.05, 0.1) is 6.33 Å². The molecule has 0 atom stereocenters. The maximum absolute atomic E-state index is 12.0. The van der Waals surface area contributed by atoms with Crippen LogP contribution in [-0.2, 0) is 11.3 Å². The van der Waals surface area contributed by atoms with Crippen molar-refractivity contribution in [2.24, 2.45) is 5.92 Å². The Morgan fingerprint density at radius 3 is 2.80 bits per heavy atom. The maximum Gasteiger partial charge on any atom is 0.220 e. The van der Waals surface area contributed by atoms with Gasteiger partial charge in [0.25, 0.3) is 0 Å². The van der Waals surface area contributed by atoms with Crippen molar-refractivity contribution in [3.8, 4) is 5.69 Å². The molecule has 0 saturated carbocycles. The van der Waals surface area contributed by atoms with Crippen LogP contribution in [0.3, 0.4) is 0 Å². The van der Waals surface area contributed by atoms with Crippen molar-refractivity contribution in [1.29, 1.82) is 0 Å². The molecule has 0 bridgehead atoms. The zero-order chi connectivity index (χ0) is 15.9. The van der Waals surface area contributed by atoms with Gasteiger partial charge in [0.15, 0.2) is 0 Å². The minimum Gasteiger partial charge on any atom is -0.352 e. The summed E-state index contributed by atoms with van der Waals surface area (Å²) < 4.78 is 1.96. The Morgan fingerprint density at radius 2 is 2.08 bits per heavy atom. The van der Waals surface area contributed by atoms with E-state index in [1.807, 2.05) is 29.0 Å². The van der Waals surface area contributed by atoms with E-state index < -0.39 is 0 Å². The summed E-state index contributed by atoms with van der Waals surface area (Å²) in [5.41, 5.74) is 2.16. The third-order valence-corrected chi connectivity index (χ3v) is 4.44. The van der Waals surface area contributed by atoms with Gasteiger partial charge >= 0.3 is 0 Å². The van der Waals surface area contributed by atoms with Gasteiger partial charge in [0, 0.05) is 31.0 Å². The second-order valence-corrected chi connectivity index (χ2v) is 6.15. The summed E-state index contributed by atoms with van der Waals surface area (Å²) in [5.74, 6) is 0.850. The average molecular weight is 385 g/mol. The lowest BCUT2D eigenvalue weighted by molar-refractivity contribution is -0.121. The number of carbonyl (C=O) groups excluding carboxylic acids is 1. The van der Waals surface area contributed by atoms with E-state index in [2.05, 4.69) is 21.7 Å². The van der Waals surface area contributed by atoms with Crippen molar-refractivity contribution in [1.82, 2.24) is 20.2 Å². The number of hydrogen-bond acceptors (Lipinski definition) is 3. The molecule has 1 aromatic heterocycles. The van der Waals surface area contributed by atoms with Gasteiger partial charge in [0.2, 0.25) is 5.91 Å². The van der Waals surface area contributed by atoms with Gasteiger partial charge in [-0.1, -0.05) is 12.1 Å². The predicted octanol–water partition coefficient (Wildman–Crippen LogP) is 3.11. The summed E-state index contributed by atoms with van der Waals surface area (Å²) in [6.45, 7) is 2.76. The topological polar surface area (TPSA) is 59.0 Å². The Kier molecular flexibility index (Phi) is 9.57. The molecule has 0 spiro atoms. The van der Waals surface area contributed by atoms with Gasteiger partial charge in [-0.05, 0) is 56.0 Å². The quantitative estimate of drug-likeness (QED) is 0.804. The maximum atomic E-state index is 12.0. The number of rotatable bonds is 6. The molecule has 2 aromatic rings. The van der Waals surface area contributed by atoms with E-state index in [0.717, 1.165) is 30.8 Å². The van der Waals surface area contributed by atoms with Crippen LogP contribution in [0.25, 0.3) is 5.69 Å². The third-order valence-electron chi connectivity index (χ3n) is 4.44. The highest BCUT2D eigenvalue weighted by Crippen LogP contribution is 2.17. The fraction of sp³-hybridized carbons (Fsp3) is 0.444. The summed E-state index contributed by atoms with van der Waals surface area (Å²) in [5, 5.41) is 6.39. The summed E-state index contributed by atoms with van der Waals surface area (Å²) >= 11 is 0. The number of amides is 1. The van der Waals surface area contributed by atoms with Crippen LogP contribution in [0.4, 0.5) is 0 Å². The van der Waals surface area contributed by atoms with Crippen molar-refractivity contribution in [2.75, 3.05) is 13.1 Å². The highest BCUT2D eigenvalue weighted by molar-refractivity contribution is 5.85. The lowest BCUT2D eigenvalue weighted by Crippen LogP contribution is -2.29. The Morgan fingerprint density at radius 1 is 1.28 bits per heavy atom. The first-order valence-electron chi connectivity index (χ1n) is 8.36. The Balaban J connectivity index is 0.00000156. The van der Waals surface area contributed by atoms with E-state index in [0.29, 0.717) is 18.9 Å². The minimum atomic E-state index is 0. The molecule has 1 amide bonds. The van der Waals surface area contributed by atoms with Crippen LogP contribution in [-0.4, -0.2) is 28.5 Å². The molecule has 1 fully saturated rings. The molecule has 3 rings (SSSR count). The van der Waals surface area contributed by atoms with Crippen molar-refractivity contribution in [2.45, 2.75) is 32.2 Å². The van der Waals surface area contributed by atoms with E-state index in [1.54, 1.807) is 12.5 Å². The smallest absolute Gasteiger partial charge is 0.220 e. The molecule has 2 N–H and O–H groups in total. The van der Waals surface area contributed by atoms with Crippen LogP contribution in [0.15, 0.2) is 43.0 Å². The average Bonchev–Trinajstić information content (AvgIpc) is 3.14. The summed E-state index contributed by atoms with van der Waals surface area (Å²) in [4.78, 5) is 16.1. The summed E-state index contributed by atoms with van der Waals surface area (Å²) in [6, 6.07) is 8.15. The van der Waals surface area contributed by atoms with Crippen molar-refractivity contribution >= 4 is 30.7 Å². The van der Waals surface area contributed by atoms with Gasteiger partial charge in [-0.3, -0.25) is 4.79 Å². The highest BCUT2D eigenvalue weighted by Gasteiger charge is 2.14. The van der Waals surface area contributed by atoms with Crippen LogP contribution < -0.4 is 10.6 Å². The SMILES string of the molecule is Cl.Cl.O=C(CCC1CCNCC1)NCc1cccc(-n2ccnc2)c1. The Labute approximate surface area is 161 Å². The van der Waals surface area contributed by atoms with Crippen LogP contribution in [0.2, 0.25) is 0 Å². The molecular weight excluding hydrogens is 359 g/mol. The highest BCUT2D eigenvalue weighted by atomic mass is 35.5. The molecule has 0 aliphatic carbocycles. The van der Waals surface area contributed by atoms with E-state index in [1.165, 1.54) is 12.8 Å². The first kappa shape index (κ1) is 21.5. The van der Waals surface area contributed by atoms with Crippen LogP contribution in [0.1, 0.15) is 31.2 Å². The van der Waals surface area contributed by atoms with Gasteiger partial charge in [-0.2, -0.15) is 0 Å². The number of imidazole rings is 1. The molecule has 0 unspecified atom stereocenters. The molecule has 1 aliphatic heterocycles. The van der Waals surface area contributed by atoms with Crippen molar-refractivity contribution in [3.63, 3.8) is 0 Å². The number of nitrogens with one attached hydrogen (secondary N) is 2. The number of piperidine rings is 1. The number of carbonyl (C=O) groups is 1. The number of halogens is 2. The molecule has 138 valence electrons. The van der Waals surface area contributed by atoms with E-state index in [4.69, 9.17) is 0 Å². The van der Waals surface area contributed by atoms with Crippen LogP contribution in [0, 0.1) is 5.92 Å². The third kappa shape index (κ3) is 6.69. The molecule has 5 nitrogen and oxygen atoms in total. The summed E-state index contributed by atoms with van der Waals surface area (Å²) in [6.07, 6.45) is 9.47. The molecule has 1 aromatic carbocycles. The number of nitrogens with zero attached hydrogens (tertiary/aromatic N) is 2.